The second-order valence-electron chi connectivity index (χ2n) is 4.89. The van der Waals surface area contributed by atoms with E-state index in [0.29, 0.717) is 0 Å². The number of nitro benzene ring substituents is 1. The predicted molar refractivity (Wildman–Crippen MR) is 82.5 cm³/mol. The normalized spacial score (nSPS) is 11.9. The molecule has 0 heterocycles. The molecule has 1 unspecified atom stereocenters. The standard InChI is InChI=1S/C16H18N2O3/c1-2-5-16(17-13-7-4-9-15(19)11-13)12-6-3-8-14(10-12)18(20)21/h3-4,6-11,16-17,19H,2,5H2,1H3. The number of nitro groups is 1. The highest BCUT2D eigenvalue weighted by Gasteiger charge is 2.14. The topological polar surface area (TPSA) is 75.4 Å². The first kappa shape index (κ1) is 14.8. The van der Waals surface area contributed by atoms with E-state index in [1.807, 2.05) is 12.1 Å². The van der Waals surface area contributed by atoms with E-state index in [0.717, 1.165) is 24.1 Å². The van der Waals surface area contributed by atoms with Crippen LogP contribution in [0.25, 0.3) is 0 Å². The molecule has 2 aromatic rings. The Hall–Kier alpha value is -2.56. The van der Waals surface area contributed by atoms with Crippen LogP contribution in [0.1, 0.15) is 31.4 Å². The third kappa shape index (κ3) is 3.95. The van der Waals surface area contributed by atoms with Crippen molar-refractivity contribution in [2.24, 2.45) is 0 Å². The number of phenols is 1. The number of nitrogens with one attached hydrogen (secondary N) is 1. The van der Waals surface area contributed by atoms with Crippen LogP contribution in [0.2, 0.25) is 0 Å². The summed E-state index contributed by atoms with van der Waals surface area (Å²) in [6, 6.07) is 13.5. The molecule has 5 nitrogen and oxygen atoms in total. The molecular formula is C16H18N2O3. The second-order valence-corrected chi connectivity index (χ2v) is 4.89. The number of anilines is 1. The van der Waals surface area contributed by atoms with Gasteiger partial charge in [-0.05, 0) is 24.1 Å². The van der Waals surface area contributed by atoms with Gasteiger partial charge in [0.05, 0.1) is 11.0 Å². The van der Waals surface area contributed by atoms with Crippen molar-refractivity contribution < 1.29 is 10.0 Å². The van der Waals surface area contributed by atoms with Gasteiger partial charge >= 0.3 is 0 Å². The van der Waals surface area contributed by atoms with Crippen molar-refractivity contribution in [1.82, 2.24) is 0 Å². The van der Waals surface area contributed by atoms with Crippen LogP contribution in [0, 0.1) is 10.1 Å². The Morgan fingerprint density at radius 2 is 2.00 bits per heavy atom. The highest BCUT2D eigenvalue weighted by molar-refractivity contribution is 5.50. The summed E-state index contributed by atoms with van der Waals surface area (Å²) in [7, 11) is 0. The molecule has 1 atom stereocenters. The van der Waals surface area contributed by atoms with Crippen LogP contribution >= 0.6 is 0 Å². The van der Waals surface area contributed by atoms with Gasteiger partial charge in [0, 0.05) is 23.9 Å². The van der Waals surface area contributed by atoms with E-state index in [9.17, 15) is 15.2 Å². The van der Waals surface area contributed by atoms with Gasteiger partial charge in [0.2, 0.25) is 0 Å². The Bertz CT molecular complexity index is 628. The molecule has 0 aliphatic rings. The summed E-state index contributed by atoms with van der Waals surface area (Å²) < 4.78 is 0. The zero-order chi connectivity index (χ0) is 15.2. The molecule has 0 aliphatic heterocycles. The first-order valence-electron chi connectivity index (χ1n) is 6.90. The van der Waals surface area contributed by atoms with Crippen LogP contribution in [0.15, 0.2) is 48.5 Å². The van der Waals surface area contributed by atoms with Crippen molar-refractivity contribution >= 4 is 11.4 Å². The number of aromatic hydroxyl groups is 1. The fraction of sp³-hybridized carbons (Fsp3) is 0.250. The Balaban J connectivity index is 2.26. The van der Waals surface area contributed by atoms with Gasteiger partial charge in [0.25, 0.3) is 5.69 Å². The second kappa shape index (κ2) is 6.74. The number of phenolic OH excluding ortho intramolecular Hbond substituents is 1. The Morgan fingerprint density at radius 1 is 1.24 bits per heavy atom. The molecule has 0 fully saturated rings. The molecule has 2 N–H and O–H groups in total. The average molecular weight is 286 g/mol. The van der Waals surface area contributed by atoms with Gasteiger partial charge in [0.15, 0.2) is 0 Å². The van der Waals surface area contributed by atoms with Crippen molar-refractivity contribution in [3.05, 3.63) is 64.2 Å². The molecule has 0 aliphatic carbocycles. The van der Waals surface area contributed by atoms with Crippen LogP contribution in [0.3, 0.4) is 0 Å². The highest BCUT2D eigenvalue weighted by atomic mass is 16.6. The van der Waals surface area contributed by atoms with Gasteiger partial charge in [-0.1, -0.05) is 31.5 Å². The Morgan fingerprint density at radius 3 is 2.67 bits per heavy atom. The molecule has 0 saturated carbocycles. The minimum atomic E-state index is -0.388. The highest BCUT2D eigenvalue weighted by Crippen LogP contribution is 2.27. The van der Waals surface area contributed by atoms with Crippen LogP contribution in [-0.4, -0.2) is 10.0 Å². The molecular weight excluding hydrogens is 268 g/mol. The summed E-state index contributed by atoms with van der Waals surface area (Å²) >= 11 is 0. The quantitative estimate of drug-likeness (QED) is 0.614. The molecule has 0 aromatic heterocycles. The maximum Gasteiger partial charge on any atom is 0.269 e. The lowest BCUT2D eigenvalue weighted by molar-refractivity contribution is -0.384. The number of rotatable bonds is 6. The van der Waals surface area contributed by atoms with Crippen molar-refractivity contribution in [3.63, 3.8) is 0 Å². The zero-order valence-electron chi connectivity index (χ0n) is 11.8. The first-order valence-corrected chi connectivity index (χ1v) is 6.90. The molecule has 0 spiro atoms. The van der Waals surface area contributed by atoms with Crippen LogP contribution in [0.5, 0.6) is 5.75 Å². The van der Waals surface area contributed by atoms with Gasteiger partial charge in [-0.2, -0.15) is 0 Å². The number of non-ortho nitro benzene ring substituents is 1. The van der Waals surface area contributed by atoms with E-state index in [-0.39, 0.29) is 22.4 Å². The molecule has 2 aromatic carbocycles. The summed E-state index contributed by atoms with van der Waals surface area (Å²) in [5.74, 6) is 0.189. The summed E-state index contributed by atoms with van der Waals surface area (Å²) in [5.41, 5.74) is 1.75. The molecule has 0 saturated heterocycles. The maximum absolute atomic E-state index is 10.9. The third-order valence-corrected chi connectivity index (χ3v) is 3.25. The minimum Gasteiger partial charge on any atom is -0.508 e. The summed E-state index contributed by atoms with van der Waals surface area (Å²) in [6.45, 7) is 2.06. The minimum absolute atomic E-state index is 0.0308. The fourth-order valence-corrected chi connectivity index (χ4v) is 2.26. The molecule has 110 valence electrons. The Labute approximate surface area is 123 Å². The molecule has 0 radical (unpaired) electrons. The largest absolute Gasteiger partial charge is 0.508 e. The molecule has 5 heteroatoms. The molecule has 21 heavy (non-hydrogen) atoms. The number of hydrogen-bond acceptors (Lipinski definition) is 4. The van der Waals surface area contributed by atoms with E-state index in [2.05, 4.69) is 12.2 Å². The molecule has 0 bridgehead atoms. The maximum atomic E-state index is 10.9. The Kier molecular flexibility index (Phi) is 4.77. The number of hydrogen-bond donors (Lipinski definition) is 2. The van der Waals surface area contributed by atoms with Crippen molar-refractivity contribution in [3.8, 4) is 5.75 Å². The van der Waals surface area contributed by atoms with Gasteiger partial charge in [-0.15, -0.1) is 0 Å². The smallest absolute Gasteiger partial charge is 0.269 e. The summed E-state index contributed by atoms with van der Waals surface area (Å²) in [4.78, 5) is 10.5. The predicted octanol–water partition coefficient (Wildman–Crippen LogP) is 4.25. The van der Waals surface area contributed by atoms with Crippen molar-refractivity contribution in [1.29, 1.82) is 0 Å². The fourth-order valence-electron chi connectivity index (χ4n) is 2.26. The van der Waals surface area contributed by atoms with E-state index >= 15 is 0 Å². The lowest BCUT2D eigenvalue weighted by atomic mass is 10.0. The number of benzene rings is 2. The van der Waals surface area contributed by atoms with Crippen LogP contribution in [-0.2, 0) is 0 Å². The van der Waals surface area contributed by atoms with E-state index < -0.39 is 0 Å². The van der Waals surface area contributed by atoms with Crippen LogP contribution in [0.4, 0.5) is 11.4 Å². The number of nitrogens with zero attached hydrogens (tertiary/aromatic N) is 1. The van der Waals surface area contributed by atoms with Crippen molar-refractivity contribution in [2.75, 3.05) is 5.32 Å². The lowest BCUT2D eigenvalue weighted by Crippen LogP contribution is -2.10. The lowest BCUT2D eigenvalue weighted by Gasteiger charge is -2.20. The molecule has 2 rings (SSSR count). The first-order chi connectivity index (χ1) is 10.1. The summed E-state index contributed by atoms with van der Waals surface area (Å²) in [6.07, 6.45) is 1.79. The van der Waals surface area contributed by atoms with E-state index in [1.54, 1.807) is 30.3 Å². The van der Waals surface area contributed by atoms with Crippen LogP contribution < -0.4 is 5.32 Å². The monoisotopic (exact) mass is 286 g/mol. The van der Waals surface area contributed by atoms with Gasteiger partial charge in [-0.25, -0.2) is 0 Å². The average Bonchev–Trinajstić information content (AvgIpc) is 2.47. The van der Waals surface area contributed by atoms with E-state index in [1.165, 1.54) is 6.07 Å². The van der Waals surface area contributed by atoms with E-state index in [4.69, 9.17) is 0 Å². The van der Waals surface area contributed by atoms with Crippen molar-refractivity contribution in [2.45, 2.75) is 25.8 Å². The van der Waals surface area contributed by atoms with Gasteiger partial charge < -0.3 is 10.4 Å². The third-order valence-electron chi connectivity index (χ3n) is 3.25. The SMILES string of the molecule is CCCC(Nc1cccc(O)c1)c1cccc([N+](=O)[O-])c1. The molecule has 0 amide bonds. The summed E-state index contributed by atoms with van der Waals surface area (Å²) in [5, 5.41) is 23.7. The van der Waals surface area contributed by atoms with Gasteiger partial charge in [0.1, 0.15) is 5.75 Å². The van der Waals surface area contributed by atoms with Gasteiger partial charge in [-0.3, -0.25) is 10.1 Å². The zero-order valence-corrected chi connectivity index (χ0v) is 11.8.